The third-order valence-corrected chi connectivity index (χ3v) is 3.68. The monoisotopic (exact) mass is 329 g/mol. The van der Waals surface area contributed by atoms with Crippen molar-refractivity contribution < 1.29 is 0 Å². The van der Waals surface area contributed by atoms with Crippen molar-refractivity contribution in [2.75, 3.05) is 5.43 Å². The van der Waals surface area contributed by atoms with E-state index in [1.54, 1.807) is 18.6 Å². The molecular formula is C20H19N5. The Hall–Kier alpha value is -3.34. The average molecular weight is 329 g/mol. The molecule has 25 heavy (non-hydrogen) atoms. The Labute approximate surface area is 147 Å². The van der Waals surface area contributed by atoms with E-state index >= 15 is 0 Å². The van der Waals surface area contributed by atoms with Crippen molar-refractivity contribution in [3.63, 3.8) is 0 Å². The second-order valence-electron chi connectivity index (χ2n) is 5.47. The zero-order valence-corrected chi connectivity index (χ0v) is 14.1. The number of nitrogens with zero attached hydrogens (tertiary/aromatic N) is 4. The number of benzene rings is 1. The van der Waals surface area contributed by atoms with Gasteiger partial charge >= 0.3 is 0 Å². The zero-order valence-electron chi connectivity index (χ0n) is 14.1. The maximum Gasteiger partial charge on any atom is 0.161 e. The van der Waals surface area contributed by atoms with Crippen LogP contribution in [0.3, 0.4) is 0 Å². The Morgan fingerprint density at radius 1 is 1.08 bits per heavy atom. The van der Waals surface area contributed by atoms with Gasteiger partial charge in [0.15, 0.2) is 11.6 Å². The van der Waals surface area contributed by atoms with Gasteiger partial charge in [-0.15, -0.1) is 6.58 Å². The number of rotatable bonds is 6. The predicted molar refractivity (Wildman–Crippen MR) is 102 cm³/mol. The van der Waals surface area contributed by atoms with Crippen molar-refractivity contribution in [2.45, 2.75) is 13.3 Å². The molecule has 0 saturated heterocycles. The third kappa shape index (κ3) is 4.14. The SMILES string of the molecule is C=CCc1c(C)nc(-c2ccccc2)nc1NN=Cc1ccncc1. The summed E-state index contributed by atoms with van der Waals surface area (Å²) in [5.41, 5.74) is 6.88. The highest BCUT2D eigenvalue weighted by atomic mass is 15.3. The normalized spacial score (nSPS) is 10.8. The minimum Gasteiger partial charge on any atom is -0.265 e. The van der Waals surface area contributed by atoms with Gasteiger partial charge in [0, 0.05) is 29.2 Å². The standard InChI is InChI=1S/C20H19N5/c1-3-7-18-15(2)23-19(17-8-5-4-6-9-17)24-20(18)25-22-14-16-10-12-21-13-11-16/h3-6,8-14H,1,7H2,2H3,(H,23,24,25). The number of allylic oxidation sites excluding steroid dienone is 1. The second kappa shape index (κ2) is 7.97. The number of aromatic nitrogens is 3. The van der Waals surface area contributed by atoms with Crippen LogP contribution in [0, 0.1) is 6.92 Å². The van der Waals surface area contributed by atoms with Crippen molar-refractivity contribution in [1.29, 1.82) is 0 Å². The van der Waals surface area contributed by atoms with E-state index in [1.807, 2.05) is 55.5 Å². The van der Waals surface area contributed by atoms with Gasteiger partial charge < -0.3 is 0 Å². The van der Waals surface area contributed by atoms with E-state index in [0.717, 1.165) is 22.4 Å². The second-order valence-corrected chi connectivity index (χ2v) is 5.47. The summed E-state index contributed by atoms with van der Waals surface area (Å²) in [5, 5.41) is 4.30. The molecule has 1 aromatic carbocycles. The summed E-state index contributed by atoms with van der Waals surface area (Å²) in [6.45, 7) is 5.79. The minimum atomic E-state index is 0.674. The lowest BCUT2D eigenvalue weighted by Gasteiger charge is -2.11. The average Bonchev–Trinajstić information content (AvgIpc) is 2.66. The van der Waals surface area contributed by atoms with E-state index in [0.29, 0.717) is 18.1 Å². The van der Waals surface area contributed by atoms with Crippen LogP contribution in [-0.2, 0) is 6.42 Å². The van der Waals surface area contributed by atoms with Gasteiger partial charge in [-0.3, -0.25) is 10.4 Å². The molecule has 2 heterocycles. The van der Waals surface area contributed by atoms with Crippen molar-refractivity contribution in [2.24, 2.45) is 5.10 Å². The van der Waals surface area contributed by atoms with Crippen LogP contribution in [0.2, 0.25) is 0 Å². The van der Waals surface area contributed by atoms with Gasteiger partial charge in [0.25, 0.3) is 0 Å². The summed E-state index contributed by atoms with van der Waals surface area (Å²) in [5.74, 6) is 1.36. The molecule has 1 N–H and O–H groups in total. The molecule has 0 saturated carbocycles. The number of nitrogens with one attached hydrogen (secondary N) is 1. The molecule has 0 spiro atoms. The quantitative estimate of drug-likeness (QED) is 0.421. The van der Waals surface area contributed by atoms with Crippen LogP contribution in [0.15, 0.2) is 72.6 Å². The van der Waals surface area contributed by atoms with E-state index in [4.69, 9.17) is 0 Å². The summed E-state index contributed by atoms with van der Waals surface area (Å²) in [6.07, 6.45) is 7.71. The molecule has 5 heteroatoms. The van der Waals surface area contributed by atoms with Crippen LogP contribution in [0.5, 0.6) is 0 Å². The molecule has 0 aliphatic heterocycles. The molecule has 0 amide bonds. The lowest BCUT2D eigenvalue weighted by atomic mass is 10.1. The first-order chi connectivity index (χ1) is 12.3. The summed E-state index contributed by atoms with van der Waals surface area (Å²) in [7, 11) is 0. The van der Waals surface area contributed by atoms with Crippen molar-refractivity contribution in [3.8, 4) is 11.4 Å². The highest BCUT2D eigenvalue weighted by molar-refractivity contribution is 5.79. The minimum absolute atomic E-state index is 0.674. The maximum absolute atomic E-state index is 4.66. The first-order valence-electron chi connectivity index (χ1n) is 8.01. The number of aryl methyl sites for hydroxylation is 1. The van der Waals surface area contributed by atoms with Gasteiger partial charge in [-0.25, -0.2) is 9.97 Å². The van der Waals surface area contributed by atoms with Crippen LogP contribution in [-0.4, -0.2) is 21.2 Å². The molecule has 0 aliphatic rings. The van der Waals surface area contributed by atoms with Gasteiger partial charge in [-0.2, -0.15) is 5.10 Å². The Kier molecular flexibility index (Phi) is 5.26. The van der Waals surface area contributed by atoms with Gasteiger partial charge in [0.2, 0.25) is 0 Å². The van der Waals surface area contributed by atoms with Crippen LogP contribution in [0.25, 0.3) is 11.4 Å². The van der Waals surface area contributed by atoms with Crippen molar-refractivity contribution in [3.05, 3.63) is 84.3 Å². The summed E-state index contributed by atoms with van der Waals surface area (Å²) in [6, 6.07) is 13.7. The smallest absolute Gasteiger partial charge is 0.161 e. The van der Waals surface area contributed by atoms with E-state index in [2.05, 4.69) is 32.1 Å². The van der Waals surface area contributed by atoms with E-state index in [-0.39, 0.29) is 0 Å². The van der Waals surface area contributed by atoms with Gasteiger partial charge in [0.1, 0.15) is 0 Å². The number of pyridine rings is 1. The fourth-order valence-electron chi connectivity index (χ4n) is 2.41. The lowest BCUT2D eigenvalue weighted by Crippen LogP contribution is -2.05. The molecule has 124 valence electrons. The predicted octanol–water partition coefficient (Wildman–Crippen LogP) is 4.02. The van der Waals surface area contributed by atoms with E-state index in [1.165, 1.54) is 0 Å². The fraction of sp³-hybridized carbons (Fsp3) is 0.100. The Morgan fingerprint density at radius 3 is 2.56 bits per heavy atom. The number of hydrogen-bond donors (Lipinski definition) is 1. The maximum atomic E-state index is 4.66. The highest BCUT2D eigenvalue weighted by Crippen LogP contribution is 2.23. The lowest BCUT2D eigenvalue weighted by molar-refractivity contribution is 1.03. The molecule has 0 unspecified atom stereocenters. The fourth-order valence-corrected chi connectivity index (χ4v) is 2.41. The molecule has 0 aliphatic carbocycles. The summed E-state index contributed by atoms with van der Waals surface area (Å²) < 4.78 is 0. The van der Waals surface area contributed by atoms with Gasteiger partial charge in [-0.05, 0) is 31.0 Å². The third-order valence-electron chi connectivity index (χ3n) is 3.68. The largest absolute Gasteiger partial charge is 0.265 e. The van der Waals surface area contributed by atoms with Gasteiger partial charge in [-0.1, -0.05) is 36.4 Å². The van der Waals surface area contributed by atoms with Crippen LogP contribution >= 0.6 is 0 Å². The van der Waals surface area contributed by atoms with Crippen LogP contribution < -0.4 is 5.43 Å². The molecule has 2 aromatic heterocycles. The molecule has 3 aromatic rings. The van der Waals surface area contributed by atoms with Crippen LogP contribution in [0.4, 0.5) is 5.82 Å². The van der Waals surface area contributed by atoms with E-state index < -0.39 is 0 Å². The topological polar surface area (TPSA) is 63.1 Å². The van der Waals surface area contributed by atoms with E-state index in [9.17, 15) is 0 Å². The highest BCUT2D eigenvalue weighted by Gasteiger charge is 2.11. The zero-order chi connectivity index (χ0) is 17.5. The van der Waals surface area contributed by atoms with Gasteiger partial charge in [0.05, 0.1) is 6.21 Å². The Balaban J connectivity index is 1.93. The molecule has 0 fully saturated rings. The summed E-state index contributed by atoms with van der Waals surface area (Å²) in [4.78, 5) is 13.3. The first kappa shape index (κ1) is 16.5. The Bertz CT molecular complexity index is 873. The Morgan fingerprint density at radius 2 is 1.84 bits per heavy atom. The number of hydrazone groups is 1. The molecule has 3 rings (SSSR count). The molecule has 0 atom stereocenters. The van der Waals surface area contributed by atoms with Crippen molar-refractivity contribution in [1.82, 2.24) is 15.0 Å². The van der Waals surface area contributed by atoms with Crippen molar-refractivity contribution >= 4 is 12.0 Å². The van der Waals surface area contributed by atoms with Crippen LogP contribution in [0.1, 0.15) is 16.8 Å². The molecule has 0 bridgehead atoms. The molecule has 0 radical (unpaired) electrons. The number of hydrogen-bond acceptors (Lipinski definition) is 5. The number of anilines is 1. The molecule has 5 nitrogen and oxygen atoms in total. The first-order valence-corrected chi connectivity index (χ1v) is 8.01. The summed E-state index contributed by atoms with van der Waals surface area (Å²) >= 11 is 0. The molecular weight excluding hydrogens is 310 g/mol.